The summed E-state index contributed by atoms with van der Waals surface area (Å²) in [6.07, 6.45) is 2.49. The molecule has 3 aromatic heterocycles. The first-order chi connectivity index (χ1) is 13.9. The van der Waals surface area contributed by atoms with Crippen LogP contribution in [0.15, 0.2) is 28.4 Å². The molecule has 0 aromatic carbocycles. The first-order valence-electron chi connectivity index (χ1n) is 9.52. The van der Waals surface area contributed by atoms with Crippen molar-refractivity contribution >= 4 is 22.4 Å². The number of aryl methyl sites for hydroxylation is 2. The van der Waals surface area contributed by atoms with E-state index in [2.05, 4.69) is 39.9 Å². The maximum atomic E-state index is 12.4. The number of nitrogens with zero attached hydrogens (tertiary/aromatic N) is 4. The Kier molecular flexibility index (Phi) is 5.33. The molecule has 0 unspecified atom stereocenters. The lowest BCUT2D eigenvalue weighted by atomic mass is 10.2. The molecule has 4 rings (SSSR count). The van der Waals surface area contributed by atoms with Crippen molar-refractivity contribution in [1.29, 1.82) is 0 Å². The quantitative estimate of drug-likeness (QED) is 0.695. The smallest absolute Gasteiger partial charge is 0.277 e. The average Bonchev–Trinajstić information content (AvgIpc) is 3.42. The largest absolute Gasteiger partial charge is 0.376 e. The maximum absolute atomic E-state index is 12.4. The van der Waals surface area contributed by atoms with Gasteiger partial charge in [-0.05, 0) is 38.8 Å². The molecule has 1 atom stereocenters. The number of carbonyl (C=O) groups excluding carboxylic acids is 1. The minimum Gasteiger partial charge on any atom is -0.376 e. The Labute approximate surface area is 172 Å². The van der Waals surface area contributed by atoms with Gasteiger partial charge in [0.25, 0.3) is 11.5 Å². The van der Waals surface area contributed by atoms with Crippen molar-refractivity contribution in [1.82, 2.24) is 19.3 Å². The van der Waals surface area contributed by atoms with Crippen LogP contribution >= 0.6 is 11.3 Å². The summed E-state index contributed by atoms with van der Waals surface area (Å²) in [7, 11) is 1.51. The third-order valence-corrected chi connectivity index (χ3v) is 5.94. The summed E-state index contributed by atoms with van der Waals surface area (Å²) in [6.45, 7) is 5.87. The number of rotatable bonds is 5. The van der Waals surface area contributed by atoms with Crippen molar-refractivity contribution < 1.29 is 9.53 Å². The van der Waals surface area contributed by atoms with Crippen LogP contribution in [0.25, 0.3) is 11.3 Å². The molecule has 1 saturated heterocycles. The van der Waals surface area contributed by atoms with Gasteiger partial charge in [-0.2, -0.15) is 5.10 Å². The lowest BCUT2D eigenvalue weighted by Crippen LogP contribution is -2.23. The monoisotopic (exact) mass is 413 g/mol. The standard InChI is InChI=1S/C20H23N5O3S/c1-12-9-15(13(2)25(12)10-14-5-4-8-28-14)17-11-29-20(21-17)22-19(27)16-6-7-18(26)24(3)23-16/h6-7,9,11,14H,4-5,8,10H2,1-3H3,(H,21,22,27)/t14-/m1/s1. The van der Waals surface area contributed by atoms with E-state index < -0.39 is 5.91 Å². The van der Waals surface area contributed by atoms with E-state index >= 15 is 0 Å². The number of anilines is 1. The van der Waals surface area contributed by atoms with Crippen molar-refractivity contribution in [3.63, 3.8) is 0 Å². The molecule has 9 heteroatoms. The molecule has 1 N–H and O–H groups in total. The van der Waals surface area contributed by atoms with Crippen LogP contribution in [0, 0.1) is 13.8 Å². The Balaban J connectivity index is 1.52. The number of carbonyl (C=O) groups is 1. The van der Waals surface area contributed by atoms with Gasteiger partial charge in [-0.3, -0.25) is 14.9 Å². The number of thiazole rings is 1. The van der Waals surface area contributed by atoms with Gasteiger partial charge >= 0.3 is 0 Å². The Morgan fingerprint density at radius 2 is 2.21 bits per heavy atom. The second-order valence-corrected chi connectivity index (χ2v) is 8.06. The van der Waals surface area contributed by atoms with E-state index in [1.807, 2.05) is 5.38 Å². The second kappa shape index (κ2) is 7.92. The molecule has 152 valence electrons. The van der Waals surface area contributed by atoms with Crippen molar-refractivity contribution in [2.75, 3.05) is 11.9 Å². The van der Waals surface area contributed by atoms with E-state index in [0.717, 1.165) is 47.6 Å². The molecule has 1 fully saturated rings. The van der Waals surface area contributed by atoms with Gasteiger partial charge in [0.1, 0.15) is 5.69 Å². The van der Waals surface area contributed by atoms with Crippen LogP contribution < -0.4 is 10.9 Å². The Bertz CT molecular complexity index is 1110. The van der Waals surface area contributed by atoms with E-state index in [4.69, 9.17) is 4.74 Å². The summed E-state index contributed by atoms with van der Waals surface area (Å²) >= 11 is 1.36. The topological polar surface area (TPSA) is 91.0 Å². The number of hydrogen-bond donors (Lipinski definition) is 1. The van der Waals surface area contributed by atoms with Crippen molar-refractivity contribution in [3.05, 3.63) is 51.0 Å². The van der Waals surface area contributed by atoms with Gasteiger partial charge in [0.05, 0.1) is 11.8 Å². The van der Waals surface area contributed by atoms with E-state index in [9.17, 15) is 9.59 Å². The third kappa shape index (κ3) is 4.01. The Morgan fingerprint density at radius 1 is 1.38 bits per heavy atom. The van der Waals surface area contributed by atoms with Crippen LogP contribution in [0.2, 0.25) is 0 Å². The summed E-state index contributed by atoms with van der Waals surface area (Å²) < 4.78 is 9.18. The van der Waals surface area contributed by atoms with Gasteiger partial charge in [-0.25, -0.2) is 9.67 Å². The summed E-state index contributed by atoms with van der Waals surface area (Å²) in [5.74, 6) is -0.398. The van der Waals surface area contributed by atoms with E-state index in [1.165, 1.54) is 36.2 Å². The Morgan fingerprint density at radius 3 is 2.93 bits per heavy atom. The average molecular weight is 414 g/mol. The van der Waals surface area contributed by atoms with Gasteiger partial charge in [-0.1, -0.05) is 0 Å². The molecule has 1 aliphatic heterocycles. The van der Waals surface area contributed by atoms with Crippen LogP contribution in [0.4, 0.5) is 5.13 Å². The number of amides is 1. The molecule has 0 spiro atoms. The summed E-state index contributed by atoms with van der Waals surface area (Å²) in [5.41, 5.74) is 4.08. The van der Waals surface area contributed by atoms with Crippen LogP contribution in [-0.4, -0.2) is 37.9 Å². The lowest BCUT2D eigenvalue weighted by molar-refractivity contribution is 0.0962. The third-order valence-electron chi connectivity index (χ3n) is 5.18. The summed E-state index contributed by atoms with van der Waals surface area (Å²) in [5, 5.41) is 9.15. The fraction of sp³-hybridized carbons (Fsp3) is 0.400. The maximum Gasteiger partial charge on any atom is 0.277 e. The van der Waals surface area contributed by atoms with Gasteiger partial charge in [-0.15, -0.1) is 11.3 Å². The van der Waals surface area contributed by atoms with Crippen molar-refractivity contribution in [2.45, 2.75) is 39.3 Å². The zero-order chi connectivity index (χ0) is 20.5. The molecule has 0 saturated carbocycles. The number of hydrogen-bond acceptors (Lipinski definition) is 6. The number of aromatic nitrogens is 4. The predicted molar refractivity (Wildman–Crippen MR) is 111 cm³/mol. The molecule has 3 aromatic rings. The predicted octanol–water partition coefficient (Wildman–Crippen LogP) is 2.75. The summed E-state index contributed by atoms with van der Waals surface area (Å²) in [4.78, 5) is 28.4. The number of ether oxygens (including phenoxy) is 1. The van der Waals surface area contributed by atoms with Gasteiger partial charge < -0.3 is 9.30 Å². The molecule has 0 radical (unpaired) electrons. The second-order valence-electron chi connectivity index (χ2n) is 7.20. The van der Waals surface area contributed by atoms with Crippen molar-refractivity contribution in [2.24, 2.45) is 7.05 Å². The summed E-state index contributed by atoms with van der Waals surface area (Å²) in [6, 6.07) is 4.85. The SMILES string of the molecule is Cc1cc(-c2csc(NC(=O)c3ccc(=O)n(C)n3)n2)c(C)n1C[C@H]1CCCO1. The molecule has 0 bridgehead atoms. The number of nitrogens with one attached hydrogen (secondary N) is 1. The molecule has 0 aliphatic carbocycles. The van der Waals surface area contributed by atoms with Gasteiger partial charge in [0, 0.05) is 48.6 Å². The molecule has 8 nitrogen and oxygen atoms in total. The lowest BCUT2D eigenvalue weighted by Gasteiger charge is -2.14. The van der Waals surface area contributed by atoms with Gasteiger partial charge in [0.2, 0.25) is 0 Å². The fourth-order valence-corrected chi connectivity index (χ4v) is 4.28. The minimum atomic E-state index is -0.398. The molecule has 4 heterocycles. The van der Waals surface area contributed by atoms with Crippen LogP contribution in [0.3, 0.4) is 0 Å². The van der Waals surface area contributed by atoms with Crippen LogP contribution in [0.1, 0.15) is 34.7 Å². The highest BCUT2D eigenvalue weighted by Gasteiger charge is 2.20. The normalized spacial score (nSPS) is 16.3. The molecular weight excluding hydrogens is 390 g/mol. The zero-order valence-electron chi connectivity index (χ0n) is 16.6. The van der Waals surface area contributed by atoms with Crippen molar-refractivity contribution in [3.8, 4) is 11.3 Å². The Hall–Kier alpha value is -2.78. The highest BCUT2D eigenvalue weighted by molar-refractivity contribution is 7.14. The van der Waals surface area contributed by atoms with E-state index in [-0.39, 0.29) is 17.4 Å². The van der Waals surface area contributed by atoms with Crippen LogP contribution in [-0.2, 0) is 18.3 Å². The van der Waals surface area contributed by atoms with Crippen LogP contribution in [0.5, 0.6) is 0 Å². The van der Waals surface area contributed by atoms with E-state index in [0.29, 0.717) is 5.13 Å². The molecular formula is C20H23N5O3S. The highest BCUT2D eigenvalue weighted by Crippen LogP contribution is 2.31. The molecule has 1 aliphatic rings. The molecule has 29 heavy (non-hydrogen) atoms. The first kappa shape index (κ1) is 19.5. The van der Waals surface area contributed by atoms with E-state index in [1.54, 1.807) is 0 Å². The molecule has 1 amide bonds. The highest BCUT2D eigenvalue weighted by atomic mass is 32.1. The zero-order valence-corrected chi connectivity index (χ0v) is 17.5. The first-order valence-corrected chi connectivity index (χ1v) is 10.4. The van der Waals surface area contributed by atoms with Gasteiger partial charge in [0.15, 0.2) is 5.13 Å². The minimum absolute atomic E-state index is 0.165. The fourth-order valence-electron chi connectivity index (χ4n) is 3.57.